The van der Waals surface area contributed by atoms with Crippen molar-refractivity contribution in [1.29, 1.82) is 0 Å². The number of aliphatic hydroxyl groups excluding tert-OH is 1. The second-order valence-electron chi connectivity index (χ2n) is 1.95. The summed E-state index contributed by atoms with van der Waals surface area (Å²) < 4.78 is 0. The highest BCUT2D eigenvalue weighted by atomic mass is 16.6. The van der Waals surface area contributed by atoms with Gasteiger partial charge in [0.2, 0.25) is 5.91 Å². The van der Waals surface area contributed by atoms with E-state index in [-0.39, 0.29) is 0 Å². The van der Waals surface area contributed by atoms with Gasteiger partial charge in [0.25, 0.3) is 0 Å². The Hall–Kier alpha value is -1.18. The monoisotopic (exact) mass is 178 g/mol. The molecular weight excluding hydrogens is 168 g/mol. The highest BCUT2D eigenvalue weighted by molar-refractivity contribution is 5.84. The minimum atomic E-state index is -1.32. The van der Waals surface area contributed by atoms with Gasteiger partial charge in [0, 0.05) is 0 Å². The van der Waals surface area contributed by atoms with Crippen LogP contribution in [0, 0.1) is 0 Å². The summed E-state index contributed by atoms with van der Waals surface area (Å²) in [6.07, 6.45) is 0. The smallest absolute Gasteiger partial charge is 0.328 e. The van der Waals surface area contributed by atoms with Gasteiger partial charge in [-0.2, -0.15) is 0 Å². The van der Waals surface area contributed by atoms with Crippen LogP contribution in [-0.2, 0) is 14.4 Å². The van der Waals surface area contributed by atoms with Gasteiger partial charge < -0.3 is 15.5 Å². The number of carboxylic acids is 1. The molecule has 5 N–H and O–H groups in total. The number of carbonyl (C=O) groups excluding carboxylic acids is 1. The SMILES string of the molecule is NOCC(=O)N[C@H](CO)C(=O)O. The van der Waals surface area contributed by atoms with Gasteiger partial charge in [-0.15, -0.1) is 0 Å². The number of carbonyl (C=O) groups is 2. The third-order valence-corrected chi connectivity index (χ3v) is 1.03. The summed E-state index contributed by atoms with van der Waals surface area (Å²) in [4.78, 5) is 24.8. The van der Waals surface area contributed by atoms with Gasteiger partial charge in [0.15, 0.2) is 0 Å². The van der Waals surface area contributed by atoms with Crippen LogP contribution in [0.5, 0.6) is 0 Å². The van der Waals surface area contributed by atoms with Crippen LogP contribution >= 0.6 is 0 Å². The fraction of sp³-hybridized carbons (Fsp3) is 0.600. The van der Waals surface area contributed by atoms with Crippen molar-refractivity contribution in [2.75, 3.05) is 13.2 Å². The summed E-state index contributed by atoms with van der Waals surface area (Å²) in [5, 5.41) is 18.8. The molecule has 0 aromatic rings. The minimum Gasteiger partial charge on any atom is -0.480 e. The summed E-state index contributed by atoms with van der Waals surface area (Å²) in [5.41, 5.74) is 0. The number of nitrogens with two attached hydrogens (primary N) is 1. The molecule has 0 spiro atoms. The fourth-order valence-electron chi connectivity index (χ4n) is 0.497. The molecule has 0 aliphatic rings. The summed E-state index contributed by atoms with van der Waals surface area (Å²) >= 11 is 0. The van der Waals surface area contributed by atoms with Crippen LogP contribution in [0.15, 0.2) is 0 Å². The summed E-state index contributed by atoms with van der Waals surface area (Å²) in [7, 11) is 0. The maximum Gasteiger partial charge on any atom is 0.328 e. The first kappa shape index (κ1) is 10.8. The number of aliphatic hydroxyl groups is 1. The van der Waals surface area contributed by atoms with Gasteiger partial charge in [0.05, 0.1) is 6.61 Å². The van der Waals surface area contributed by atoms with E-state index in [1.54, 1.807) is 0 Å². The zero-order valence-corrected chi connectivity index (χ0v) is 6.19. The Kier molecular flexibility index (Phi) is 4.93. The Morgan fingerprint density at radius 3 is 2.50 bits per heavy atom. The quantitative estimate of drug-likeness (QED) is 0.343. The number of aliphatic carboxylic acids is 1. The van der Waals surface area contributed by atoms with E-state index in [9.17, 15) is 9.59 Å². The van der Waals surface area contributed by atoms with Gasteiger partial charge in [0.1, 0.15) is 12.6 Å². The van der Waals surface area contributed by atoms with Crippen LogP contribution in [0.3, 0.4) is 0 Å². The molecule has 0 unspecified atom stereocenters. The maximum absolute atomic E-state index is 10.6. The van der Waals surface area contributed by atoms with Crippen molar-refractivity contribution in [1.82, 2.24) is 5.32 Å². The Labute approximate surface area is 68.1 Å². The van der Waals surface area contributed by atoms with Crippen molar-refractivity contribution in [2.24, 2.45) is 5.90 Å². The van der Waals surface area contributed by atoms with E-state index in [4.69, 9.17) is 10.2 Å². The Morgan fingerprint density at radius 1 is 1.58 bits per heavy atom. The first-order chi connectivity index (χ1) is 5.61. The number of rotatable bonds is 5. The predicted octanol–water partition coefficient (Wildman–Crippen LogP) is -2.56. The molecule has 0 aromatic heterocycles. The molecular formula is C5H10N2O5. The third kappa shape index (κ3) is 3.86. The number of amides is 1. The lowest BCUT2D eigenvalue weighted by atomic mass is 10.3. The highest BCUT2D eigenvalue weighted by Crippen LogP contribution is 1.81. The van der Waals surface area contributed by atoms with Crippen molar-refractivity contribution in [3.63, 3.8) is 0 Å². The zero-order chi connectivity index (χ0) is 9.56. The third-order valence-electron chi connectivity index (χ3n) is 1.03. The first-order valence-electron chi connectivity index (χ1n) is 3.06. The zero-order valence-electron chi connectivity index (χ0n) is 6.19. The number of hydrogen-bond acceptors (Lipinski definition) is 5. The van der Waals surface area contributed by atoms with Gasteiger partial charge in [-0.1, -0.05) is 0 Å². The Bertz CT molecular complexity index is 171. The van der Waals surface area contributed by atoms with Gasteiger partial charge >= 0.3 is 5.97 Å². The molecule has 0 rings (SSSR count). The van der Waals surface area contributed by atoms with E-state index >= 15 is 0 Å². The molecule has 1 amide bonds. The normalized spacial score (nSPS) is 12.2. The first-order valence-corrected chi connectivity index (χ1v) is 3.06. The van der Waals surface area contributed by atoms with E-state index < -0.39 is 31.1 Å². The average molecular weight is 178 g/mol. The molecule has 70 valence electrons. The molecule has 0 heterocycles. The maximum atomic E-state index is 10.6. The predicted molar refractivity (Wildman–Crippen MR) is 36.8 cm³/mol. The van der Waals surface area contributed by atoms with Gasteiger partial charge in [-0.25, -0.2) is 10.7 Å². The molecule has 0 aliphatic carbocycles. The molecule has 12 heavy (non-hydrogen) atoms. The van der Waals surface area contributed by atoms with E-state index in [0.717, 1.165) is 0 Å². The summed E-state index contributed by atoms with van der Waals surface area (Å²) in [5.74, 6) is 2.54. The molecule has 0 fully saturated rings. The Balaban J connectivity index is 3.85. The van der Waals surface area contributed by atoms with Crippen molar-refractivity contribution < 1.29 is 24.6 Å². The standard InChI is InChI=1S/C5H10N2O5/c6-12-2-4(9)7-3(1-8)5(10)11/h3,8H,1-2,6H2,(H,7,9)(H,10,11)/t3-/m1/s1. The second-order valence-corrected chi connectivity index (χ2v) is 1.95. The molecule has 7 nitrogen and oxygen atoms in total. The van der Waals surface area contributed by atoms with Crippen molar-refractivity contribution in [3.8, 4) is 0 Å². The summed E-state index contributed by atoms with van der Waals surface area (Å²) in [6, 6.07) is -1.31. The van der Waals surface area contributed by atoms with E-state index in [2.05, 4.69) is 10.7 Å². The molecule has 0 radical (unpaired) electrons. The second kappa shape index (κ2) is 5.47. The van der Waals surface area contributed by atoms with E-state index in [1.165, 1.54) is 0 Å². The van der Waals surface area contributed by atoms with E-state index in [0.29, 0.717) is 0 Å². The molecule has 0 saturated heterocycles. The number of carboxylic acid groups (broad SMARTS) is 1. The average Bonchev–Trinajstić information content (AvgIpc) is 2.00. The molecule has 0 aromatic carbocycles. The Morgan fingerprint density at radius 2 is 2.17 bits per heavy atom. The fourth-order valence-corrected chi connectivity index (χ4v) is 0.497. The minimum absolute atomic E-state index is 0.441. The highest BCUT2D eigenvalue weighted by Gasteiger charge is 2.17. The largest absolute Gasteiger partial charge is 0.480 e. The molecule has 0 saturated carbocycles. The lowest BCUT2D eigenvalue weighted by Gasteiger charge is -2.10. The van der Waals surface area contributed by atoms with Gasteiger partial charge in [-0.05, 0) is 0 Å². The van der Waals surface area contributed by atoms with Crippen LogP contribution in [0.25, 0.3) is 0 Å². The van der Waals surface area contributed by atoms with Crippen LogP contribution in [0.1, 0.15) is 0 Å². The van der Waals surface area contributed by atoms with Crippen molar-refractivity contribution >= 4 is 11.9 Å². The molecule has 1 atom stereocenters. The molecule has 7 heteroatoms. The number of hydrogen-bond donors (Lipinski definition) is 4. The topological polar surface area (TPSA) is 122 Å². The van der Waals surface area contributed by atoms with Gasteiger partial charge in [-0.3, -0.25) is 9.63 Å². The number of nitrogens with one attached hydrogen (secondary N) is 1. The van der Waals surface area contributed by atoms with Crippen LogP contribution in [0.4, 0.5) is 0 Å². The van der Waals surface area contributed by atoms with E-state index in [1.807, 2.05) is 5.32 Å². The van der Waals surface area contributed by atoms with Crippen LogP contribution in [0.2, 0.25) is 0 Å². The summed E-state index contributed by atoms with van der Waals surface area (Å²) in [6.45, 7) is -1.12. The molecule has 0 bridgehead atoms. The van der Waals surface area contributed by atoms with Crippen LogP contribution < -0.4 is 11.2 Å². The lowest BCUT2D eigenvalue weighted by molar-refractivity contribution is -0.143. The molecule has 0 aliphatic heterocycles. The van der Waals surface area contributed by atoms with Crippen molar-refractivity contribution in [2.45, 2.75) is 6.04 Å². The van der Waals surface area contributed by atoms with Crippen LogP contribution in [-0.4, -0.2) is 41.3 Å². The lowest BCUT2D eigenvalue weighted by Crippen LogP contribution is -2.45. The van der Waals surface area contributed by atoms with Crippen molar-refractivity contribution in [3.05, 3.63) is 0 Å².